The molecule has 3 rings (SSSR count). The zero-order valence-corrected chi connectivity index (χ0v) is 14.1. The molecule has 0 bridgehead atoms. The Kier molecular flexibility index (Phi) is 5.33. The molecule has 5 nitrogen and oxygen atoms in total. The Morgan fingerprint density at radius 3 is 2.33 bits per heavy atom. The van der Waals surface area contributed by atoms with Crippen molar-refractivity contribution in [2.45, 2.75) is 0 Å². The lowest BCUT2D eigenvalue weighted by molar-refractivity contribution is 0.122. The van der Waals surface area contributed by atoms with E-state index in [4.69, 9.17) is 14.2 Å². The second kappa shape index (κ2) is 7.84. The number of anilines is 1. The van der Waals surface area contributed by atoms with Crippen LogP contribution in [-0.2, 0) is 4.74 Å². The minimum Gasteiger partial charge on any atom is -0.493 e. The Morgan fingerprint density at radius 2 is 1.67 bits per heavy atom. The van der Waals surface area contributed by atoms with E-state index in [-0.39, 0.29) is 0 Å². The molecule has 126 valence electrons. The van der Waals surface area contributed by atoms with Crippen LogP contribution in [0.5, 0.6) is 11.5 Å². The molecule has 0 saturated carbocycles. The zero-order chi connectivity index (χ0) is 16.8. The summed E-state index contributed by atoms with van der Waals surface area (Å²) in [5, 5.41) is 0. The lowest BCUT2D eigenvalue weighted by atomic mass is 10.2. The van der Waals surface area contributed by atoms with Crippen molar-refractivity contribution in [1.82, 2.24) is 0 Å². The monoisotopic (exact) mass is 326 g/mol. The van der Waals surface area contributed by atoms with Gasteiger partial charge in [0, 0.05) is 25.0 Å². The lowest BCUT2D eigenvalue weighted by Crippen LogP contribution is -2.36. The van der Waals surface area contributed by atoms with Gasteiger partial charge in [-0.3, -0.25) is 4.99 Å². The Morgan fingerprint density at radius 1 is 0.958 bits per heavy atom. The van der Waals surface area contributed by atoms with E-state index >= 15 is 0 Å². The fourth-order valence-electron chi connectivity index (χ4n) is 2.65. The minimum atomic E-state index is 0.698. The fraction of sp³-hybridized carbons (Fsp3) is 0.316. The van der Waals surface area contributed by atoms with E-state index in [9.17, 15) is 0 Å². The van der Waals surface area contributed by atoms with Gasteiger partial charge in [-0.25, -0.2) is 0 Å². The molecule has 0 aliphatic carbocycles. The molecule has 0 spiro atoms. The fourth-order valence-corrected chi connectivity index (χ4v) is 2.65. The van der Waals surface area contributed by atoms with E-state index in [1.807, 2.05) is 36.5 Å². The first kappa shape index (κ1) is 16.3. The maximum absolute atomic E-state index is 5.38. The van der Waals surface area contributed by atoms with Crippen LogP contribution in [0, 0.1) is 0 Å². The van der Waals surface area contributed by atoms with Gasteiger partial charge in [-0.15, -0.1) is 0 Å². The lowest BCUT2D eigenvalue weighted by Gasteiger charge is -2.28. The average Bonchev–Trinajstić information content (AvgIpc) is 2.67. The van der Waals surface area contributed by atoms with Crippen molar-refractivity contribution in [1.29, 1.82) is 0 Å². The summed E-state index contributed by atoms with van der Waals surface area (Å²) in [6, 6.07) is 14.0. The highest BCUT2D eigenvalue weighted by atomic mass is 16.5. The number of hydrogen-bond acceptors (Lipinski definition) is 5. The zero-order valence-electron chi connectivity index (χ0n) is 14.1. The number of nitrogens with zero attached hydrogens (tertiary/aromatic N) is 2. The smallest absolute Gasteiger partial charge is 0.161 e. The van der Waals surface area contributed by atoms with Gasteiger partial charge in [-0.05, 0) is 48.0 Å². The van der Waals surface area contributed by atoms with E-state index in [0.29, 0.717) is 11.5 Å². The molecule has 0 unspecified atom stereocenters. The Balaban J connectivity index is 1.70. The topological polar surface area (TPSA) is 43.3 Å². The van der Waals surface area contributed by atoms with Crippen LogP contribution in [0.1, 0.15) is 5.56 Å². The van der Waals surface area contributed by atoms with Gasteiger partial charge < -0.3 is 19.1 Å². The number of morpholine rings is 1. The highest BCUT2D eigenvalue weighted by Crippen LogP contribution is 2.27. The Labute approximate surface area is 142 Å². The molecule has 2 aromatic carbocycles. The number of benzene rings is 2. The molecular formula is C19H22N2O3. The summed E-state index contributed by atoms with van der Waals surface area (Å²) in [7, 11) is 3.25. The van der Waals surface area contributed by atoms with Gasteiger partial charge >= 0.3 is 0 Å². The van der Waals surface area contributed by atoms with Crippen LogP contribution < -0.4 is 14.4 Å². The Hall–Kier alpha value is -2.53. The predicted octanol–water partition coefficient (Wildman–Crippen LogP) is 3.29. The number of methoxy groups -OCH3 is 2. The number of ether oxygens (including phenoxy) is 3. The molecule has 1 fully saturated rings. The first-order valence-electron chi connectivity index (χ1n) is 7.99. The standard InChI is InChI=1S/C19H22N2O3/c1-22-18-8-3-15(13-19(18)23-2)14-20-16-4-6-17(7-5-16)21-9-11-24-12-10-21/h3-8,13-14H,9-12H2,1-2H3. The molecule has 1 aliphatic heterocycles. The molecule has 1 aliphatic rings. The summed E-state index contributed by atoms with van der Waals surface area (Å²) in [5.41, 5.74) is 3.09. The van der Waals surface area contributed by atoms with Crippen molar-refractivity contribution in [3.05, 3.63) is 48.0 Å². The number of rotatable bonds is 5. The van der Waals surface area contributed by atoms with E-state index in [1.165, 1.54) is 5.69 Å². The second-order valence-electron chi connectivity index (χ2n) is 5.49. The highest BCUT2D eigenvalue weighted by molar-refractivity contribution is 5.83. The van der Waals surface area contributed by atoms with Gasteiger partial charge in [0.2, 0.25) is 0 Å². The van der Waals surface area contributed by atoms with Crippen LogP contribution in [0.3, 0.4) is 0 Å². The second-order valence-corrected chi connectivity index (χ2v) is 5.49. The average molecular weight is 326 g/mol. The molecule has 0 N–H and O–H groups in total. The summed E-state index contributed by atoms with van der Waals surface area (Å²) >= 11 is 0. The molecule has 0 radical (unpaired) electrons. The van der Waals surface area contributed by atoms with Crippen LogP contribution >= 0.6 is 0 Å². The SMILES string of the molecule is COc1ccc(C=Nc2ccc(N3CCOCC3)cc2)cc1OC. The maximum atomic E-state index is 5.38. The minimum absolute atomic E-state index is 0.698. The van der Waals surface area contributed by atoms with Crippen LogP contribution in [-0.4, -0.2) is 46.7 Å². The molecule has 2 aromatic rings. The molecule has 0 amide bonds. The first-order chi connectivity index (χ1) is 11.8. The first-order valence-corrected chi connectivity index (χ1v) is 7.99. The highest BCUT2D eigenvalue weighted by Gasteiger charge is 2.10. The summed E-state index contributed by atoms with van der Waals surface area (Å²) in [6.45, 7) is 3.46. The van der Waals surface area contributed by atoms with Gasteiger partial charge in [0.15, 0.2) is 11.5 Å². The van der Waals surface area contributed by atoms with Gasteiger partial charge in [-0.1, -0.05) is 0 Å². The normalized spacial score (nSPS) is 14.8. The van der Waals surface area contributed by atoms with Gasteiger partial charge in [0.25, 0.3) is 0 Å². The van der Waals surface area contributed by atoms with Crippen molar-refractivity contribution in [3.63, 3.8) is 0 Å². The van der Waals surface area contributed by atoms with Gasteiger partial charge in [0.1, 0.15) is 0 Å². The molecule has 0 aromatic heterocycles. The molecule has 1 saturated heterocycles. The summed E-state index contributed by atoms with van der Waals surface area (Å²) in [6.07, 6.45) is 1.83. The molecule has 1 heterocycles. The third-order valence-corrected chi connectivity index (χ3v) is 4.00. The van der Waals surface area contributed by atoms with Crippen LogP contribution in [0.25, 0.3) is 0 Å². The molecular weight excluding hydrogens is 304 g/mol. The maximum Gasteiger partial charge on any atom is 0.161 e. The van der Waals surface area contributed by atoms with Crippen molar-refractivity contribution in [3.8, 4) is 11.5 Å². The number of aliphatic imine (C=N–C) groups is 1. The molecule has 0 atom stereocenters. The van der Waals surface area contributed by atoms with Crippen molar-refractivity contribution >= 4 is 17.6 Å². The summed E-state index contributed by atoms with van der Waals surface area (Å²) in [5.74, 6) is 1.41. The van der Waals surface area contributed by atoms with E-state index < -0.39 is 0 Å². The predicted molar refractivity (Wildman–Crippen MR) is 96.3 cm³/mol. The van der Waals surface area contributed by atoms with Crippen molar-refractivity contribution in [2.24, 2.45) is 4.99 Å². The van der Waals surface area contributed by atoms with E-state index in [0.717, 1.165) is 37.6 Å². The van der Waals surface area contributed by atoms with Crippen LogP contribution in [0.15, 0.2) is 47.5 Å². The van der Waals surface area contributed by atoms with Crippen molar-refractivity contribution in [2.75, 3.05) is 45.4 Å². The third kappa shape index (κ3) is 3.86. The van der Waals surface area contributed by atoms with Crippen LogP contribution in [0.4, 0.5) is 11.4 Å². The molecule has 5 heteroatoms. The largest absolute Gasteiger partial charge is 0.493 e. The van der Waals surface area contributed by atoms with E-state index in [2.05, 4.69) is 22.0 Å². The van der Waals surface area contributed by atoms with Crippen LogP contribution in [0.2, 0.25) is 0 Å². The Bertz CT molecular complexity index is 692. The summed E-state index contributed by atoms with van der Waals surface area (Å²) in [4.78, 5) is 6.85. The molecule has 24 heavy (non-hydrogen) atoms. The quantitative estimate of drug-likeness (QED) is 0.791. The van der Waals surface area contributed by atoms with Gasteiger partial charge in [-0.2, -0.15) is 0 Å². The van der Waals surface area contributed by atoms with E-state index in [1.54, 1.807) is 14.2 Å². The number of hydrogen-bond donors (Lipinski definition) is 0. The van der Waals surface area contributed by atoms with Gasteiger partial charge in [0.05, 0.1) is 33.1 Å². The summed E-state index contributed by atoms with van der Waals surface area (Å²) < 4.78 is 15.9. The third-order valence-electron chi connectivity index (χ3n) is 4.00. The van der Waals surface area contributed by atoms with Crippen molar-refractivity contribution < 1.29 is 14.2 Å².